The van der Waals surface area contributed by atoms with Crippen LogP contribution in [0.2, 0.25) is 0 Å². The van der Waals surface area contributed by atoms with Crippen LogP contribution in [0.25, 0.3) is 0 Å². The maximum atomic E-state index is 11.5. The second kappa shape index (κ2) is 5.70. The van der Waals surface area contributed by atoms with E-state index in [0.717, 1.165) is 12.1 Å². The van der Waals surface area contributed by atoms with Crippen LogP contribution in [0.3, 0.4) is 0 Å². The van der Waals surface area contributed by atoms with Crippen LogP contribution in [-0.2, 0) is 4.79 Å². The molecule has 1 unspecified atom stereocenters. The number of hydrogen-bond donors (Lipinski definition) is 2. The van der Waals surface area contributed by atoms with Gasteiger partial charge in [-0.2, -0.15) is 12.6 Å². The van der Waals surface area contributed by atoms with Gasteiger partial charge in [-0.15, -0.1) is 0 Å². The molecule has 0 saturated carbocycles. The molecular weight excluding hydrogens is 194 g/mol. The lowest BCUT2D eigenvalue weighted by Crippen LogP contribution is -2.23. The molecule has 0 bridgehead atoms. The number of rotatable bonds is 4. The minimum absolute atomic E-state index is 0.0556. The highest BCUT2D eigenvalue weighted by Gasteiger charge is 2.18. The summed E-state index contributed by atoms with van der Waals surface area (Å²) in [6, 6.07) is 0. The van der Waals surface area contributed by atoms with Crippen molar-refractivity contribution >= 4 is 18.4 Å². The lowest BCUT2D eigenvalue weighted by Gasteiger charge is -2.16. The van der Waals surface area contributed by atoms with Gasteiger partial charge in [0.15, 0.2) is 5.78 Å². The van der Waals surface area contributed by atoms with Crippen molar-refractivity contribution in [2.45, 2.75) is 13.3 Å². The average molecular weight is 209 g/mol. The molecule has 0 aromatic heterocycles. The molecular formula is C11H15NOS. The SMILES string of the molecule is CCC(C(=O)CS)C1=CC=CC=CN1. The van der Waals surface area contributed by atoms with E-state index in [1.54, 1.807) is 0 Å². The van der Waals surface area contributed by atoms with Crippen molar-refractivity contribution in [2.24, 2.45) is 5.92 Å². The summed E-state index contributed by atoms with van der Waals surface area (Å²) in [6.07, 6.45) is 10.3. The minimum Gasteiger partial charge on any atom is -0.364 e. The predicted octanol–water partition coefficient (Wildman–Crippen LogP) is 2.07. The summed E-state index contributed by atoms with van der Waals surface area (Å²) in [5, 5.41) is 3.11. The van der Waals surface area contributed by atoms with E-state index in [2.05, 4.69) is 17.9 Å². The van der Waals surface area contributed by atoms with Crippen molar-refractivity contribution < 1.29 is 4.79 Å². The molecule has 0 aliphatic carbocycles. The van der Waals surface area contributed by atoms with Gasteiger partial charge in [-0.1, -0.05) is 19.1 Å². The first-order chi connectivity index (χ1) is 6.79. The van der Waals surface area contributed by atoms with Gasteiger partial charge in [0, 0.05) is 17.6 Å². The molecule has 0 saturated heterocycles. The number of carbonyl (C=O) groups is 1. The van der Waals surface area contributed by atoms with E-state index in [1.165, 1.54) is 0 Å². The first-order valence-electron chi connectivity index (χ1n) is 4.73. The van der Waals surface area contributed by atoms with Crippen LogP contribution in [0.1, 0.15) is 13.3 Å². The number of carbonyl (C=O) groups excluding carboxylic acids is 1. The van der Waals surface area contributed by atoms with Gasteiger partial charge in [-0.3, -0.25) is 4.79 Å². The zero-order valence-corrected chi connectivity index (χ0v) is 9.13. The summed E-state index contributed by atoms with van der Waals surface area (Å²) in [4.78, 5) is 11.5. The first-order valence-corrected chi connectivity index (χ1v) is 5.36. The Morgan fingerprint density at radius 3 is 2.93 bits per heavy atom. The van der Waals surface area contributed by atoms with E-state index >= 15 is 0 Å². The first kappa shape index (κ1) is 11.1. The predicted molar refractivity (Wildman–Crippen MR) is 62.1 cm³/mol. The lowest BCUT2D eigenvalue weighted by atomic mass is 9.97. The van der Waals surface area contributed by atoms with E-state index < -0.39 is 0 Å². The van der Waals surface area contributed by atoms with Crippen molar-refractivity contribution in [2.75, 3.05) is 5.75 Å². The Bertz CT molecular complexity index is 292. The Morgan fingerprint density at radius 2 is 2.29 bits per heavy atom. The summed E-state index contributed by atoms with van der Waals surface area (Å²) < 4.78 is 0. The number of ketones is 1. The van der Waals surface area contributed by atoms with Crippen LogP contribution in [0, 0.1) is 5.92 Å². The van der Waals surface area contributed by atoms with Crippen molar-refractivity contribution in [3.63, 3.8) is 0 Å². The fourth-order valence-electron chi connectivity index (χ4n) is 1.42. The van der Waals surface area contributed by atoms with Crippen LogP contribution in [0.15, 0.2) is 36.2 Å². The van der Waals surface area contributed by atoms with E-state index in [9.17, 15) is 4.79 Å². The third-order valence-corrected chi connectivity index (χ3v) is 2.48. The highest BCUT2D eigenvalue weighted by Crippen LogP contribution is 2.16. The minimum atomic E-state index is -0.0556. The second-order valence-corrected chi connectivity index (χ2v) is 3.41. The molecule has 1 N–H and O–H groups in total. The maximum absolute atomic E-state index is 11.5. The number of hydrogen-bond acceptors (Lipinski definition) is 3. The summed E-state index contributed by atoms with van der Waals surface area (Å²) in [5.74, 6) is 0.406. The van der Waals surface area contributed by atoms with Gasteiger partial charge in [0.25, 0.3) is 0 Å². The van der Waals surface area contributed by atoms with Crippen molar-refractivity contribution in [3.05, 3.63) is 36.2 Å². The normalized spacial score (nSPS) is 16.9. The molecule has 76 valence electrons. The van der Waals surface area contributed by atoms with E-state index in [4.69, 9.17) is 0 Å². The average Bonchev–Trinajstić information content (AvgIpc) is 2.47. The van der Waals surface area contributed by atoms with Gasteiger partial charge >= 0.3 is 0 Å². The molecule has 0 aromatic rings. The molecule has 0 amide bonds. The monoisotopic (exact) mass is 209 g/mol. The van der Waals surface area contributed by atoms with Gasteiger partial charge in [0.05, 0.1) is 5.92 Å². The number of nitrogens with one attached hydrogen (secondary N) is 1. The van der Waals surface area contributed by atoms with Crippen LogP contribution < -0.4 is 5.32 Å². The van der Waals surface area contributed by atoms with Crippen molar-refractivity contribution in [1.82, 2.24) is 5.32 Å². The van der Waals surface area contributed by atoms with Crippen LogP contribution in [0.4, 0.5) is 0 Å². The molecule has 14 heavy (non-hydrogen) atoms. The molecule has 0 aromatic carbocycles. The van der Waals surface area contributed by atoms with Crippen molar-refractivity contribution in [1.29, 1.82) is 0 Å². The molecule has 0 spiro atoms. The fraction of sp³-hybridized carbons (Fsp3) is 0.364. The van der Waals surface area contributed by atoms with Crippen LogP contribution in [0.5, 0.6) is 0 Å². The second-order valence-electron chi connectivity index (χ2n) is 3.10. The van der Waals surface area contributed by atoms with E-state index in [0.29, 0.717) is 5.75 Å². The zero-order chi connectivity index (χ0) is 10.4. The quantitative estimate of drug-likeness (QED) is 0.694. The summed E-state index contributed by atoms with van der Waals surface area (Å²) in [6.45, 7) is 2.01. The molecule has 1 aliphatic heterocycles. The Hall–Kier alpha value is -0.960. The molecule has 2 nitrogen and oxygen atoms in total. The van der Waals surface area contributed by atoms with E-state index in [-0.39, 0.29) is 11.7 Å². The van der Waals surface area contributed by atoms with Gasteiger partial charge in [-0.05, 0) is 18.6 Å². The molecule has 1 atom stereocenters. The highest BCUT2D eigenvalue weighted by molar-refractivity contribution is 7.81. The Labute approximate surface area is 90.2 Å². The largest absolute Gasteiger partial charge is 0.364 e. The number of Topliss-reactive ketones (excluding diaryl/α,β-unsaturated/α-hetero) is 1. The smallest absolute Gasteiger partial charge is 0.151 e. The number of allylic oxidation sites excluding steroid dienone is 5. The Kier molecular flexibility index (Phi) is 4.53. The van der Waals surface area contributed by atoms with Gasteiger partial charge in [0.1, 0.15) is 0 Å². The molecule has 1 aliphatic rings. The zero-order valence-electron chi connectivity index (χ0n) is 8.23. The third-order valence-electron chi connectivity index (χ3n) is 2.17. The fourth-order valence-corrected chi connectivity index (χ4v) is 1.64. The Balaban J connectivity index is 2.78. The Morgan fingerprint density at radius 1 is 1.50 bits per heavy atom. The summed E-state index contributed by atoms with van der Waals surface area (Å²) >= 11 is 4.01. The molecule has 0 fully saturated rings. The summed E-state index contributed by atoms with van der Waals surface area (Å²) in [5.41, 5.74) is 0.955. The summed E-state index contributed by atoms with van der Waals surface area (Å²) in [7, 11) is 0. The van der Waals surface area contributed by atoms with Gasteiger partial charge in [0.2, 0.25) is 0 Å². The van der Waals surface area contributed by atoms with Crippen LogP contribution >= 0.6 is 12.6 Å². The molecule has 0 radical (unpaired) electrons. The highest BCUT2D eigenvalue weighted by atomic mass is 32.1. The topological polar surface area (TPSA) is 29.1 Å². The van der Waals surface area contributed by atoms with Crippen LogP contribution in [-0.4, -0.2) is 11.5 Å². The molecule has 1 heterocycles. The molecule has 1 rings (SSSR count). The van der Waals surface area contributed by atoms with Gasteiger partial charge < -0.3 is 5.32 Å². The van der Waals surface area contributed by atoms with Crippen molar-refractivity contribution in [3.8, 4) is 0 Å². The standard InChI is InChI=1S/C11H15NOS/c1-2-9(11(13)8-14)10-6-4-3-5-7-12-10/h3-7,9,12,14H,2,8H2,1H3. The van der Waals surface area contributed by atoms with Gasteiger partial charge in [-0.25, -0.2) is 0 Å². The third kappa shape index (κ3) is 2.77. The van der Waals surface area contributed by atoms with E-state index in [1.807, 2.05) is 37.4 Å². The number of thiol groups is 1. The molecule has 3 heteroatoms. The maximum Gasteiger partial charge on any atom is 0.151 e. The lowest BCUT2D eigenvalue weighted by molar-refractivity contribution is -0.119.